The molecule has 1 aliphatic heterocycles. The van der Waals surface area contributed by atoms with E-state index in [1.165, 1.54) is 16.7 Å². The van der Waals surface area contributed by atoms with Gasteiger partial charge in [-0.05, 0) is 55.7 Å². The molecule has 25 heavy (non-hydrogen) atoms. The number of fused-ring (bicyclic) bond motifs is 1. The zero-order chi connectivity index (χ0) is 17.5. The lowest BCUT2D eigenvalue weighted by Crippen LogP contribution is -2.26. The maximum absolute atomic E-state index is 5.61. The molecule has 0 amide bonds. The lowest BCUT2D eigenvalue weighted by atomic mass is 10.0. The largest absolute Gasteiger partial charge is 0.493 e. The zero-order valence-corrected chi connectivity index (χ0v) is 15.5. The number of rotatable bonds is 9. The fourth-order valence-corrected chi connectivity index (χ4v) is 3.52. The van der Waals surface area contributed by atoms with Crippen molar-refractivity contribution < 1.29 is 4.74 Å². The van der Waals surface area contributed by atoms with Gasteiger partial charge in [-0.3, -0.25) is 0 Å². The first-order chi connectivity index (χ1) is 12.3. The molecule has 0 bridgehead atoms. The van der Waals surface area contributed by atoms with Crippen LogP contribution in [0, 0.1) is 0 Å². The molecule has 1 N–H and O–H groups in total. The van der Waals surface area contributed by atoms with Gasteiger partial charge in [0.2, 0.25) is 0 Å². The Balaban J connectivity index is 1.42. The second-order valence-electron chi connectivity index (χ2n) is 6.96. The van der Waals surface area contributed by atoms with Gasteiger partial charge in [-0.1, -0.05) is 49.4 Å². The lowest BCUT2D eigenvalue weighted by Gasteiger charge is -2.20. The molecule has 1 aliphatic rings. The summed E-state index contributed by atoms with van der Waals surface area (Å²) in [5.74, 6) is 1.07. The summed E-state index contributed by atoms with van der Waals surface area (Å²) in [4.78, 5) is 2.39. The van der Waals surface area contributed by atoms with Crippen LogP contribution in [0.15, 0.2) is 48.5 Å². The predicted octanol–water partition coefficient (Wildman–Crippen LogP) is 4.18. The Morgan fingerprint density at radius 3 is 2.80 bits per heavy atom. The Kier molecular flexibility index (Phi) is 6.48. The fourth-order valence-electron chi connectivity index (χ4n) is 3.52. The summed E-state index contributed by atoms with van der Waals surface area (Å²) in [5, 5.41) is 3.73. The second-order valence-corrected chi connectivity index (χ2v) is 6.96. The van der Waals surface area contributed by atoms with Crippen LogP contribution in [0.3, 0.4) is 0 Å². The Labute approximate surface area is 152 Å². The summed E-state index contributed by atoms with van der Waals surface area (Å²) >= 11 is 0. The average Bonchev–Trinajstić information content (AvgIpc) is 3.10. The molecule has 134 valence electrons. The SMILES string of the molecule is CCC(NCCCN(C)Cc1ccccc1)c1ccc2c(c1)CCO2. The van der Waals surface area contributed by atoms with E-state index >= 15 is 0 Å². The van der Waals surface area contributed by atoms with Crippen molar-refractivity contribution >= 4 is 0 Å². The predicted molar refractivity (Wildman–Crippen MR) is 104 cm³/mol. The maximum Gasteiger partial charge on any atom is 0.122 e. The van der Waals surface area contributed by atoms with Crippen LogP contribution in [0.1, 0.15) is 42.5 Å². The quantitative estimate of drug-likeness (QED) is 0.694. The van der Waals surface area contributed by atoms with Crippen LogP contribution in [0.4, 0.5) is 0 Å². The van der Waals surface area contributed by atoms with E-state index in [1.54, 1.807) is 0 Å². The highest BCUT2D eigenvalue weighted by Crippen LogP contribution is 2.29. The van der Waals surface area contributed by atoms with Crippen molar-refractivity contribution in [2.75, 3.05) is 26.7 Å². The van der Waals surface area contributed by atoms with Crippen LogP contribution in [0.25, 0.3) is 0 Å². The first-order valence-corrected chi connectivity index (χ1v) is 9.47. The van der Waals surface area contributed by atoms with Crippen LogP contribution in [0.2, 0.25) is 0 Å². The van der Waals surface area contributed by atoms with Gasteiger partial charge >= 0.3 is 0 Å². The molecule has 3 rings (SSSR count). The van der Waals surface area contributed by atoms with Gasteiger partial charge in [-0.15, -0.1) is 0 Å². The molecule has 0 fully saturated rings. The Bertz CT molecular complexity index is 656. The van der Waals surface area contributed by atoms with Gasteiger partial charge in [0.1, 0.15) is 5.75 Å². The number of nitrogens with zero attached hydrogens (tertiary/aromatic N) is 1. The molecule has 0 radical (unpaired) electrons. The topological polar surface area (TPSA) is 24.5 Å². The van der Waals surface area contributed by atoms with E-state index in [9.17, 15) is 0 Å². The lowest BCUT2D eigenvalue weighted by molar-refractivity contribution is 0.316. The van der Waals surface area contributed by atoms with Crippen LogP contribution in [-0.4, -0.2) is 31.6 Å². The van der Waals surface area contributed by atoms with Crippen LogP contribution in [0.5, 0.6) is 5.75 Å². The first-order valence-electron chi connectivity index (χ1n) is 9.47. The maximum atomic E-state index is 5.61. The third-order valence-electron chi connectivity index (χ3n) is 4.93. The van der Waals surface area contributed by atoms with Crippen molar-refractivity contribution in [2.45, 2.75) is 38.8 Å². The molecular formula is C22H30N2O. The number of benzene rings is 2. The van der Waals surface area contributed by atoms with Gasteiger partial charge in [-0.2, -0.15) is 0 Å². The van der Waals surface area contributed by atoms with Crippen LogP contribution >= 0.6 is 0 Å². The molecule has 0 aliphatic carbocycles. The summed E-state index contributed by atoms with van der Waals surface area (Å²) < 4.78 is 5.61. The van der Waals surface area contributed by atoms with Crippen LogP contribution in [-0.2, 0) is 13.0 Å². The summed E-state index contributed by atoms with van der Waals surface area (Å²) in [6, 6.07) is 17.8. The molecule has 1 heterocycles. The van der Waals surface area contributed by atoms with Crippen molar-refractivity contribution in [3.63, 3.8) is 0 Å². The molecular weight excluding hydrogens is 308 g/mol. The minimum absolute atomic E-state index is 0.435. The third-order valence-corrected chi connectivity index (χ3v) is 4.93. The van der Waals surface area contributed by atoms with Crippen molar-refractivity contribution in [3.05, 3.63) is 65.2 Å². The summed E-state index contributed by atoms with van der Waals surface area (Å²) in [7, 11) is 2.20. The van der Waals surface area contributed by atoms with E-state index in [1.807, 2.05) is 0 Å². The molecule has 3 heteroatoms. The normalized spacial score (nSPS) is 14.4. The van der Waals surface area contributed by atoms with Gasteiger partial charge in [0.25, 0.3) is 0 Å². The molecule has 0 saturated carbocycles. The van der Waals surface area contributed by atoms with Gasteiger partial charge < -0.3 is 15.0 Å². The van der Waals surface area contributed by atoms with E-state index in [4.69, 9.17) is 4.74 Å². The minimum Gasteiger partial charge on any atom is -0.493 e. The highest BCUT2D eigenvalue weighted by Gasteiger charge is 2.15. The van der Waals surface area contributed by atoms with E-state index in [0.29, 0.717) is 6.04 Å². The van der Waals surface area contributed by atoms with Gasteiger partial charge in [0, 0.05) is 19.0 Å². The molecule has 3 nitrogen and oxygen atoms in total. The monoisotopic (exact) mass is 338 g/mol. The minimum atomic E-state index is 0.435. The van der Waals surface area contributed by atoms with E-state index < -0.39 is 0 Å². The summed E-state index contributed by atoms with van der Waals surface area (Å²) in [6.07, 6.45) is 3.32. The zero-order valence-electron chi connectivity index (χ0n) is 15.5. The fraction of sp³-hybridized carbons (Fsp3) is 0.455. The molecule has 1 atom stereocenters. The van der Waals surface area contributed by atoms with Gasteiger partial charge in [-0.25, -0.2) is 0 Å². The Morgan fingerprint density at radius 1 is 1.16 bits per heavy atom. The van der Waals surface area contributed by atoms with Crippen molar-refractivity contribution in [1.29, 1.82) is 0 Å². The van der Waals surface area contributed by atoms with E-state index in [0.717, 1.165) is 51.3 Å². The number of hydrogen-bond donors (Lipinski definition) is 1. The molecule has 0 spiro atoms. The number of hydrogen-bond acceptors (Lipinski definition) is 3. The average molecular weight is 338 g/mol. The Hall–Kier alpha value is -1.84. The van der Waals surface area contributed by atoms with E-state index in [2.05, 4.69) is 72.7 Å². The summed E-state index contributed by atoms with van der Waals surface area (Å²) in [5.41, 5.74) is 4.13. The number of ether oxygens (including phenoxy) is 1. The first kappa shape index (κ1) is 18.0. The standard InChI is InChI=1S/C22H30N2O/c1-3-21(19-10-11-22-20(16-19)12-15-25-22)23-13-7-14-24(2)17-18-8-5-4-6-9-18/h4-6,8-11,16,21,23H,3,7,12-15,17H2,1-2H3. The van der Waals surface area contributed by atoms with Crippen molar-refractivity contribution in [2.24, 2.45) is 0 Å². The second kappa shape index (κ2) is 9.02. The molecule has 2 aromatic rings. The smallest absolute Gasteiger partial charge is 0.122 e. The van der Waals surface area contributed by atoms with Crippen molar-refractivity contribution in [1.82, 2.24) is 10.2 Å². The van der Waals surface area contributed by atoms with Gasteiger partial charge in [0.05, 0.1) is 6.61 Å². The highest BCUT2D eigenvalue weighted by atomic mass is 16.5. The molecule has 1 unspecified atom stereocenters. The molecule has 0 aromatic heterocycles. The van der Waals surface area contributed by atoms with Crippen molar-refractivity contribution in [3.8, 4) is 5.75 Å². The highest BCUT2D eigenvalue weighted by molar-refractivity contribution is 5.40. The van der Waals surface area contributed by atoms with Gasteiger partial charge in [0.15, 0.2) is 0 Å². The molecule has 2 aromatic carbocycles. The third kappa shape index (κ3) is 5.07. The Morgan fingerprint density at radius 2 is 2.00 bits per heavy atom. The van der Waals surface area contributed by atoms with E-state index in [-0.39, 0.29) is 0 Å². The summed E-state index contributed by atoms with van der Waals surface area (Å²) in [6.45, 7) is 6.25. The molecule has 0 saturated heterocycles. The number of nitrogens with one attached hydrogen (secondary N) is 1. The van der Waals surface area contributed by atoms with Crippen LogP contribution < -0.4 is 10.1 Å².